The van der Waals surface area contributed by atoms with Gasteiger partial charge in [-0.25, -0.2) is 0 Å². The topological polar surface area (TPSA) is 20.3 Å². The standard InChI is InChI=1S/C8H16ClNO/c1-8(2,3)6(9)7(11)10(4)5/h6H,1-5H3. The van der Waals surface area contributed by atoms with Gasteiger partial charge in [-0.15, -0.1) is 11.6 Å². The Labute approximate surface area is 73.5 Å². The highest BCUT2D eigenvalue weighted by atomic mass is 35.5. The molecule has 0 radical (unpaired) electrons. The minimum absolute atomic E-state index is 0.0285. The summed E-state index contributed by atoms with van der Waals surface area (Å²) in [4.78, 5) is 12.8. The van der Waals surface area contributed by atoms with Crippen molar-refractivity contribution in [1.29, 1.82) is 0 Å². The Morgan fingerprint density at radius 1 is 1.36 bits per heavy atom. The molecule has 0 saturated carbocycles. The van der Waals surface area contributed by atoms with Gasteiger partial charge in [0.1, 0.15) is 5.38 Å². The summed E-state index contributed by atoms with van der Waals surface area (Å²) >= 11 is 5.91. The maximum Gasteiger partial charge on any atom is 0.240 e. The fourth-order valence-electron chi connectivity index (χ4n) is 0.597. The van der Waals surface area contributed by atoms with Crippen molar-refractivity contribution in [1.82, 2.24) is 4.90 Å². The number of amides is 1. The van der Waals surface area contributed by atoms with E-state index in [4.69, 9.17) is 11.6 Å². The maximum atomic E-state index is 11.3. The molecule has 0 aromatic carbocycles. The van der Waals surface area contributed by atoms with Gasteiger partial charge in [0.15, 0.2) is 0 Å². The van der Waals surface area contributed by atoms with Crippen molar-refractivity contribution in [2.24, 2.45) is 5.41 Å². The smallest absolute Gasteiger partial charge is 0.240 e. The van der Waals surface area contributed by atoms with Crippen molar-refractivity contribution in [3.63, 3.8) is 0 Å². The Morgan fingerprint density at radius 3 is 1.82 bits per heavy atom. The van der Waals surface area contributed by atoms with E-state index in [0.29, 0.717) is 0 Å². The molecule has 3 heteroatoms. The molecule has 0 aromatic heterocycles. The summed E-state index contributed by atoms with van der Waals surface area (Å²) < 4.78 is 0. The first kappa shape index (κ1) is 10.8. The summed E-state index contributed by atoms with van der Waals surface area (Å²) in [6.07, 6.45) is 0. The van der Waals surface area contributed by atoms with Gasteiger partial charge in [-0.05, 0) is 5.41 Å². The number of hydrogen-bond acceptors (Lipinski definition) is 1. The molecule has 1 atom stereocenters. The van der Waals surface area contributed by atoms with E-state index in [-0.39, 0.29) is 11.3 Å². The molecular formula is C8H16ClNO. The quantitative estimate of drug-likeness (QED) is 0.559. The van der Waals surface area contributed by atoms with Crippen molar-refractivity contribution >= 4 is 17.5 Å². The van der Waals surface area contributed by atoms with Gasteiger partial charge >= 0.3 is 0 Å². The molecule has 66 valence electrons. The highest BCUT2D eigenvalue weighted by molar-refractivity contribution is 6.31. The van der Waals surface area contributed by atoms with Gasteiger partial charge in [0.05, 0.1) is 0 Å². The van der Waals surface area contributed by atoms with Crippen molar-refractivity contribution in [3.8, 4) is 0 Å². The largest absolute Gasteiger partial charge is 0.348 e. The normalized spacial score (nSPS) is 14.4. The molecule has 0 fully saturated rings. The molecule has 0 aromatic rings. The van der Waals surface area contributed by atoms with Crippen LogP contribution < -0.4 is 0 Å². The molecule has 0 bridgehead atoms. The van der Waals surface area contributed by atoms with Crippen LogP contribution in [-0.4, -0.2) is 30.3 Å². The molecule has 0 heterocycles. The minimum Gasteiger partial charge on any atom is -0.348 e. The summed E-state index contributed by atoms with van der Waals surface area (Å²) in [6, 6.07) is 0. The monoisotopic (exact) mass is 177 g/mol. The van der Waals surface area contributed by atoms with Crippen LogP contribution in [0.15, 0.2) is 0 Å². The van der Waals surface area contributed by atoms with Crippen LogP contribution in [0.5, 0.6) is 0 Å². The zero-order chi connectivity index (χ0) is 9.23. The van der Waals surface area contributed by atoms with Gasteiger partial charge in [-0.2, -0.15) is 0 Å². The van der Waals surface area contributed by atoms with Crippen LogP contribution >= 0.6 is 11.6 Å². The van der Waals surface area contributed by atoms with E-state index in [1.165, 1.54) is 4.90 Å². The summed E-state index contributed by atoms with van der Waals surface area (Å²) in [7, 11) is 3.42. The van der Waals surface area contributed by atoms with E-state index >= 15 is 0 Å². The van der Waals surface area contributed by atoms with Crippen molar-refractivity contribution in [3.05, 3.63) is 0 Å². The van der Waals surface area contributed by atoms with Gasteiger partial charge in [0.2, 0.25) is 5.91 Å². The first-order valence-electron chi connectivity index (χ1n) is 3.62. The van der Waals surface area contributed by atoms with E-state index in [2.05, 4.69) is 0 Å². The van der Waals surface area contributed by atoms with E-state index in [0.717, 1.165) is 0 Å². The van der Waals surface area contributed by atoms with Crippen molar-refractivity contribution in [2.45, 2.75) is 26.1 Å². The molecular weight excluding hydrogens is 162 g/mol. The van der Waals surface area contributed by atoms with Gasteiger partial charge < -0.3 is 4.90 Å². The molecule has 11 heavy (non-hydrogen) atoms. The minimum atomic E-state index is -0.433. The Hall–Kier alpha value is -0.240. The molecule has 0 spiro atoms. The Balaban J connectivity index is 4.26. The number of halogens is 1. The fraction of sp³-hybridized carbons (Fsp3) is 0.875. The predicted molar refractivity (Wildman–Crippen MR) is 47.8 cm³/mol. The van der Waals surface area contributed by atoms with Gasteiger partial charge in [0.25, 0.3) is 0 Å². The molecule has 1 unspecified atom stereocenters. The molecule has 0 rings (SSSR count). The molecule has 0 aliphatic heterocycles. The zero-order valence-corrected chi connectivity index (χ0v) is 8.57. The number of rotatable bonds is 1. The van der Waals surface area contributed by atoms with Gasteiger partial charge in [-0.1, -0.05) is 20.8 Å². The second kappa shape index (κ2) is 3.44. The van der Waals surface area contributed by atoms with Crippen molar-refractivity contribution < 1.29 is 4.79 Å². The average Bonchev–Trinajstić information content (AvgIpc) is 1.82. The predicted octanol–water partition coefficient (Wildman–Crippen LogP) is 1.73. The van der Waals surface area contributed by atoms with Gasteiger partial charge in [0, 0.05) is 14.1 Å². The first-order valence-corrected chi connectivity index (χ1v) is 4.05. The molecule has 0 saturated heterocycles. The summed E-state index contributed by atoms with van der Waals surface area (Å²) in [6.45, 7) is 5.85. The second-order valence-corrected chi connectivity index (χ2v) is 4.40. The zero-order valence-electron chi connectivity index (χ0n) is 7.81. The summed E-state index contributed by atoms with van der Waals surface area (Å²) in [5.74, 6) is -0.0285. The second-order valence-electron chi connectivity index (χ2n) is 3.96. The maximum absolute atomic E-state index is 11.3. The van der Waals surface area contributed by atoms with E-state index in [9.17, 15) is 4.79 Å². The highest BCUT2D eigenvalue weighted by Crippen LogP contribution is 2.25. The lowest BCUT2D eigenvalue weighted by Gasteiger charge is -2.26. The van der Waals surface area contributed by atoms with E-state index in [1.54, 1.807) is 14.1 Å². The molecule has 0 aliphatic carbocycles. The van der Waals surface area contributed by atoms with Crippen LogP contribution in [0, 0.1) is 5.41 Å². The summed E-state index contributed by atoms with van der Waals surface area (Å²) in [5.41, 5.74) is -0.164. The SMILES string of the molecule is CN(C)C(=O)C(Cl)C(C)(C)C. The molecule has 0 N–H and O–H groups in total. The number of carbonyl (C=O) groups excluding carboxylic acids is 1. The summed E-state index contributed by atoms with van der Waals surface area (Å²) in [5, 5.41) is -0.433. The van der Waals surface area contributed by atoms with Crippen LogP contribution in [0.25, 0.3) is 0 Å². The van der Waals surface area contributed by atoms with Crippen LogP contribution in [-0.2, 0) is 4.79 Å². The molecule has 2 nitrogen and oxygen atoms in total. The number of nitrogens with zero attached hydrogens (tertiary/aromatic N) is 1. The third-order valence-corrected chi connectivity index (χ3v) is 2.26. The van der Waals surface area contributed by atoms with Crippen molar-refractivity contribution in [2.75, 3.05) is 14.1 Å². The number of alkyl halides is 1. The number of hydrogen-bond donors (Lipinski definition) is 0. The van der Waals surface area contributed by atoms with Gasteiger partial charge in [-0.3, -0.25) is 4.79 Å². The molecule has 1 amide bonds. The lowest BCUT2D eigenvalue weighted by Crippen LogP contribution is -2.38. The number of carbonyl (C=O) groups is 1. The lowest BCUT2D eigenvalue weighted by molar-refractivity contribution is -0.130. The Bertz CT molecular complexity index is 149. The first-order chi connectivity index (χ1) is 4.76. The van der Waals surface area contributed by atoms with E-state index in [1.807, 2.05) is 20.8 Å². The molecule has 0 aliphatic rings. The lowest BCUT2D eigenvalue weighted by atomic mass is 9.91. The third-order valence-electron chi connectivity index (χ3n) is 1.42. The highest BCUT2D eigenvalue weighted by Gasteiger charge is 2.29. The van der Waals surface area contributed by atoms with Crippen LogP contribution in [0.1, 0.15) is 20.8 Å². The van der Waals surface area contributed by atoms with E-state index < -0.39 is 5.38 Å². The van der Waals surface area contributed by atoms with Crippen LogP contribution in [0.2, 0.25) is 0 Å². The Kier molecular flexibility index (Phi) is 3.36. The third kappa shape index (κ3) is 3.10. The Morgan fingerprint density at radius 2 is 1.73 bits per heavy atom. The van der Waals surface area contributed by atoms with Crippen LogP contribution in [0.3, 0.4) is 0 Å². The average molecular weight is 178 g/mol. The van der Waals surface area contributed by atoms with Crippen LogP contribution in [0.4, 0.5) is 0 Å². The fourth-order valence-corrected chi connectivity index (χ4v) is 0.792.